The monoisotopic (exact) mass is 510 g/mol. The van der Waals surface area contributed by atoms with Crippen LogP contribution in [0.3, 0.4) is 0 Å². The first-order valence-corrected chi connectivity index (χ1v) is 13.4. The summed E-state index contributed by atoms with van der Waals surface area (Å²) >= 11 is 1.64. The van der Waals surface area contributed by atoms with Crippen molar-refractivity contribution in [3.05, 3.63) is 112 Å². The van der Waals surface area contributed by atoms with Crippen molar-refractivity contribution in [1.29, 1.82) is 0 Å². The van der Waals surface area contributed by atoms with Crippen LogP contribution >= 0.6 is 11.3 Å². The predicted molar refractivity (Wildman–Crippen MR) is 150 cm³/mol. The fourth-order valence-corrected chi connectivity index (χ4v) is 5.73. The molecule has 1 aromatic heterocycles. The number of carbonyl (C=O) groups excluding carboxylic acids is 1. The minimum absolute atomic E-state index is 0.0577. The highest BCUT2D eigenvalue weighted by atomic mass is 32.1. The van der Waals surface area contributed by atoms with Crippen molar-refractivity contribution >= 4 is 28.5 Å². The molecule has 1 amide bonds. The molecule has 1 N–H and O–H groups in total. The van der Waals surface area contributed by atoms with Gasteiger partial charge in [0.05, 0.1) is 12.7 Å². The maximum absolute atomic E-state index is 13.3. The molecule has 0 spiro atoms. The molecule has 3 aromatic carbocycles. The van der Waals surface area contributed by atoms with Crippen molar-refractivity contribution in [1.82, 2.24) is 5.32 Å². The highest BCUT2D eigenvalue weighted by molar-refractivity contribution is 7.16. The molecule has 4 aromatic rings. The molecule has 37 heavy (non-hydrogen) atoms. The molecular formula is C31H30N2O3S. The van der Waals surface area contributed by atoms with Gasteiger partial charge in [0.15, 0.2) is 11.5 Å². The number of aryl methyl sites for hydroxylation is 1. The van der Waals surface area contributed by atoms with E-state index in [1.807, 2.05) is 78.9 Å². The van der Waals surface area contributed by atoms with Gasteiger partial charge in [0.1, 0.15) is 11.6 Å². The van der Waals surface area contributed by atoms with Crippen LogP contribution in [0.25, 0.3) is 0 Å². The highest BCUT2D eigenvalue weighted by Crippen LogP contribution is 2.40. The zero-order valence-electron chi connectivity index (χ0n) is 20.9. The Labute approximate surface area is 221 Å². The van der Waals surface area contributed by atoms with Crippen molar-refractivity contribution in [2.45, 2.75) is 38.8 Å². The number of carbonyl (C=O) groups is 1. The molecule has 0 atom stereocenters. The molecule has 5 rings (SSSR count). The van der Waals surface area contributed by atoms with E-state index in [1.165, 1.54) is 4.88 Å². The highest BCUT2D eigenvalue weighted by Gasteiger charge is 2.25. The summed E-state index contributed by atoms with van der Waals surface area (Å²) in [6, 6.07) is 25.8. The number of ether oxygens (including phenoxy) is 2. The molecule has 0 aliphatic heterocycles. The van der Waals surface area contributed by atoms with E-state index in [0.717, 1.165) is 58.5 Å². The molecule has 5 nitrogen and oxygen atoms in total. The SMILES string of the molecule is COc1cc(/C=N\c2sc3c(c2C(=O)NCc2ccccc2)CCCC3)ccc1OCc1ccccc1. The lowest BCUT2D eigenvalue weighted by Gasteiger charge is -2.13. The number of nitrogens with zero attached hydrogens (tertiary/aromatic N) is 1. The summed E-state index contributed by atoms with van der Waals surface area (Å²) in [4.78, 5) is 19.4. The molecule has 0 bridgehead atoms. The van der Waals surface area contributed by atoms with Crippen LogP contribution in [0.2, 0.25) is 0 Å². The van der Waals surface area contributed by atoms with Crippen molar-refractivity contribution in [2.24, 2.45) is 4.99 Å². The second-order valence-corrected chi connectivity index (χ2v) is 10.1. The Morgan fingerprint density at radius 3 is 2.43 bits per heavy atom. The molecule has 0 fully saturated rings. The van der Waals surface area contributed by atoms with Gasteiger partial charge < -0.3 is 14.8 Å². The summed E-state index contributed by atoms with van der Waals surface area (Å²) in [6.07, 6.45) is 6.00. The lowest BCUT2D eigenvalue weighted by Crippen LogP contribution is -2.24. The van der Waals surface area contributed by atoms with E-state index in [-0.39, 0.29) is 5.91 Å². The van der Waals surface area contributed by atoms with Crippen LogP contribution in [0.1, 0.15) is 50.3 Å². The zero-order chi connectivity index (χ0) is 25.5. The maximum Gasteiger partial charge on any atom is 0.254 e. The smallest absolute Gasteiger partial charge is 0.254 e. The molecular weight excluding hydrogens is 480 g/mol. The fraction of sp³-hybridized carbons (Fsp3) is 0.226. The number of aliphatic imine (C=N–C) groups is 1. The summed E-state index contributed by atoms with van der Waals surface area (Å²) in [5.41, 5.74) is 4.94. The molecule has 0 unspecified atom stereocenters. The Hall–Kier alpha value is -3.90. The van der Waals surface area contributed by atoms with E-state index in [0.29, 0.717) is 24.7 Å². The van der Waals surface area contributed by atoms with E-state index in [4.69, 9.17) is 14.5 Å². The number of methoxy groups -OCH3 is 1. The summed E-state index contributed by atoms with van der Waals surface area (Å²) in [6.45, 7) is 0.960. The number of thiophene rings is 1. The van der Waals surface area contributed by atoms with Gasteiger partial charge in [-0.1, -0.05) is 60.7 Å². The van der Waals surface area contributed by atoms with E-state index >= 15 is 0 Å². The van der Waals surface area contributed by atoms with Crippen molar-refractivity contribution < 1.29 is 14.3 Å². The molecule has 0 radical (unpaired) electrons. The molecule has 0 saturated carbocycles. The quantitative estimate of drug-likeness (QED) is 0.249. The third-order valence-corrected chi connectivity index (χ3v) is 7.63. The summed E-state index contributed by atoms with van der Waals surface area (Å²) in [5.74, 6) is 1.26. The van der Waals surface area contributed by atoms with E-state index < -0.39 is 0 Å². The number of nitrogens with one attached hydrogen (secondary N) is 1. The topological polar surface area (TPSA) is 59.9 Å². The fourth-order valence-electron chi connectivity index (χ4n) is 4.50. The van der Waals surface area contributed by atoms with Crippen LogP contribution in [0.4, 0.5) is 5.00 Å². The van der Waals surface area contributed by atoms with Crippen LogP contribution in [-0.4, -0.2) is 19.2 Å². The first-order valence-electron chi connectivity index (χ1n) is 12.6. The second kappa shape index (κ2) is 11.9. The molecule has 0 saturated heterocycles. The molecule has 1 aliphatic carbocycles. The summed E-state index contributed by atoms with van der Waals surface area (Å²) < 4.78 is 11.6. The Kier molecular flexibility index (Phi) is 7.96. The number of hydrogen-bond donors (Lipinski definition) is 1. The van der Waals surface area contributed by atoms with Crippen molar-refractivity contribution in [3.8, 4) is 11.5 Å². The van der Waals surface area contributed by atoms with E-state index in [1.54, 1.807) is 24.7 Å². The van der Waals surface area contributed by atoms with Gasteiger partial charge in [-0.25, -0.2) is 4.99 Å². The zero-order valence-corrected chi connectivity index (χ0v) is 21.7. The first-order chi connectivity index (χ1) is 18.2. The van der Waals surface area contributed by atoms with Gasteiger partial charge in [0.2, 0.25) is 0 Å². The van der Waals surface area contributed by atoms with Crippen LogP contribution in [0, 0.1) is 0 Å². The Balaban J connectivity index is 1.35. The van der Waals surface area contributed by atoms with Crippen LogP contribution in [0.15, 0.2) is 83.9 Å². The molecule has 6 heteroatoms. The third kappa shape index (κ3) is 6.09. The van der Waals surface area contributed by atoms with Gasteiger partial charge in [0, 0.05) is 17.6 Å². The van der Waals surface area contributed by atoms with E-state index in [2.05, 4.69) is 5.32 Å². The standard InChI is InChI=1S/C31H30N2O3S/c1-35-27-18-24(16-17-26(27)36-21-23-12-6-3-7-13-23)20-33-31-29(25-14-8-9-15-28(25)37-31)30(34)32-19-22-10-4-2-5-11-22/h2-7,10-13,16-18,20H,8-9,14-15,19,21H2,1H3,(H,32,34)/b33-20-. The molecule has 1 heterocycles. The summed E-state index contributed by atoms with van der Waals surface area (Å²) in [5, 5.41) is 3.87. The van der Waals surface area contributed by atoms with Crippen LogP contribution in [-0.2, 0) is 26.0 Å². The Bertz CT molecular complexity index is 1380. The number of hydrogen-bond acceptors (Lipinski definition) is 5. The van der Waals surface area contributed by atoms with Crippen LogP contribution < -0.4 is 14.8 Å². The summed E-state index contributed by atoms with van der Waals surface area (Å²) in [7, 11) is 1.63. The van der Waals surface area contributed by atoms with Gasteiger partial charge in [0.25, 0.3) is 5.91 Å². The van der Waals surface area contributed by atoms with E-state index in [9.17, 15) is 4.79 Å². The minimum atomic E-state index is -0.0577. The third-order valence-electron chi connectivity index (χ3n) is 6.43. The lowest BCUT2D eigenvalue weighted by molar-refractivity contribution is 0.0951. The van der Waals surface area contributed by atoms with Crippen molar-refractivity contribution in [3.63, 3.8) is 0 Å². The van der Waals surface area contributed by atoms with Gasteiger partial charge in [-0.2, -0.15) is 0 Å². The molecule has 188 valence electrons. The van der Waals surface area contributed by atoms with Crippen LogP contribution in [0.5, 0.6) is 11.5 Å². The number of benzene rings is 3. The predicted octanol–water partition coefficient (Wildman–Crippen LogP) is 6.90. The maximum atomic E-state index is 13.3. The number of fused-ring (bicyclic) bond motifs is 1. The normalized spacial score (nSPS) is 12.8. The Morgan fingerprint density at radius 1 is 0.946 bits per heavy atom. The van der Waals surface area contributed by atoms with Gasteiger partial charge in [-0.05, 0) is 66.1 Å². The van der Waals surface area contributed by atoms with Gasteiger partial charge >= 0.3 is 0 Å². The first kappa shape index (κ1) is 24.8. The van der Waals surface area contributed by atoms with Crippen molar-refractivity contribution in [2.75, 3.05) is 7.11 Å². The Morgan fingerprint density at radius 2 is 1.68 bits per heavy atom. The largest absolute Gasteiger partial charge is 0.493 e. The molecule has 1 aliphatic rings. The minimum Gasteiger partial charge on any atom is -0.493 e. The average molecular weight is 511 g/mol. The average Bonchev–Trinajstić information content (AvgIpc) is 3.33. The number of amides is 1. The lowest BCUT2D eigenvalue weighted by atomic mass is 9.95. The van der Waals surface area contributed by atoms with Gasteiger partial charge in [-0.3, -0.25) is 4.79 Å². The van der Waals surface area contributed by atoms with Gasteiger partial charge in [-0.15, -0.1) is 11.3 Å². The second-order valence-electron chi connectivity index (χ2n) is 9.00. The number of rotatable bonds is 9.